The van der Waals surface area contributed by atoms with Gasteiger partial charge in [0.25, 0.3) is 0 Å². The van der Waals surface area contributed by atoms with Crippen LogP contribution in [0.15, 0.2) is 170 Å². The molecule has 0 heterocycles. The largest absolute Gasteiger partial charge is 0.0622 e. The molecule has 9 rings (SSSR count). The van der Waals surface area contributed by atoms with E-state index >= 15 is 0 Å². The molecule has 0 aliphatic heterocycles. The fourth-order valence-corrected chi connectivity index (χ4v) is 7.48. The van der Waals surface area contributed by atoms with Crippen LogP contribution in [0.1, 0.15) is 11.1 Å². The van der Waals surface area contributed by atoms with Gasteiger partial charge in [0, 0.05) is 0 Å². The van der Waals surface area contributed by atoms with Crippen LogP contribution < -0.4 is 0 Å². The minimum atomic E-state index is 0.984. The van der Waals surface area contributed by atoms with Crippen LogP contribution in [0.25, 0.3) is 77.2 Å². The lowest BCUT2D eigenvalue weighted by Gasteiger charge is -2.19. The van der Waals surface area contributed by atoms with E-state index in [1.807, 2.05) is 0 Å². The summed E-state index contributed by atoms with van der Waals surface area (Å²) >= 11 is 0. The van der Waals surface area contributed by atoms with Crippen molar-refractivity contribution < 1.29 is 0 Å². The Kier molecular flexibility index (Phi) is 5.99. The molecule has 0 spiro atoms. The minimum Gasteiger partial charge on any atom is -0.0622 e. The second-order valence-electron chi connectivity index (χ2n) is 12.0. The predicted molar refractivity (Wildman–Crippen MR) is 191 cm³/mol. The first-order valence-corrected chi connectivity index (χ1v) is 15.7. The molecule has 0 heteroatoms. The molecule has 0 fully saturated rings. The Balaban J connectivity index is 1.27. The molecule has 0 nitrogen and oxygen atoms in total. The quantitative estimate of drug-likeness (QED) is 0.185. The van der Waals surface area contributed by atoms with E-state index in [2.05, 4.69) is 170 Å². The molecule has 0 aromatic heterocycles. The van der Waals surface area contributed by atoms with Crippen LogP contribution in [0, 0.1) is 0 Å². The third-order valence-corrected chi connectivity index (χ3v) is 9.51. The highest BCUT2D eigenvalue weighted by Gasteiger charge is 2.22. The summed E-state index contributed by atoms with van der Waals surface area (Å²) in [7, 11) is 0. The summed E-state index contributed by atoms with van der Waals surface area (Å²) in [5.41, 5.74) is 15.7. The molecule has 0 saturated carbocycles. The number of hydrogen-bond acceptors (Lipinski definition) is 0. The highest BCUT2D eigenvalue weighted by Crippen LogP contribution is 2.46. The molecular formula is C45H30. The molecule has 0 N–H and O–H groups in total. The summed E-state index contributed by atoms with van der Waals surface area (Å²) in [5.74, 6) is 0. The van der Waals surface area contributed by atoms with Crippen LogP contribution in [-0.2, 0) is 6.42 Å². The number of fused-ring (bicyclic) bond motifs is 5. The van der Waals surface area contributed by atoms with Crippen LogP contribution in [-0.4, -0.2) is 0 Å². The Labute approximate surface area is 263 Å². The maximum Gasteiger partial charge on any atom is -0.000729 e. The lowest BCUT2D eigenvalue weighted by Crippen LogP contribution is -1.92. The van der Waals surface area contributed by atoms with Crippen molar-refractivity contribution in [1.29, 1.82) is 0 Å². The second-order valence-corrected chi connectivity index (χ2v) is 12.0. The van der Waals surface area contributed by atoms with Gasteiger partial charge in [-0.2, -0.15) is 0 Å². The van der Waals surface area contributed by atoms with Crippen molar-refractivity contribution in [1.82, 2.24) is 0 Å². The topological polar surface area (TPSA) is 0 Å². The predicted octanol–water partition coefficient (Wildman–Crippen LogP) is 12.2. The van der Waals surface area contributed by atoms with Crippen LogP contribution in [0.2, 0.25) is 0 Å². The zero-order valence-corrected chi connectivity index (χ0v) is 24.9. The second kappa shape index (κ2) is 10.5. The standard InChI is InChI=1S/C45H30/c1-3-13-30(14-4-1)44-39-21-9-10-22-40(39)45(31-15-5-2-6-16-31)43-28-33(25-26-41(43)44)32-18-11-19-34(27-32)37-23-12-24-38-36-20-8-7-17-35(36)29-42(37)38/h1-28H,29H2. The lowest BCUT2D eigenvalue weighted by atomic mass is 9.84. The van der Waals surface area contributed by atoms with Gasteiger partial charge in [-0.25, -0.2) is 0 Å². The fraction of sp³-hybridized carbons (Fsp3) is 0.0222. The van der Waals surface area contributed by atoms with E-state index < -0.39 is 0 Å². The Morgan fingerprint density at radius 1 is 0.289 bits per heavy atom. The minimum absolute atomic E-state index is 0.984. The number of rotatable bonds is 4. The van der Waals surface area contributed by atoms with E-state index in [9.17, 15) is 0 Å². The average molecular weight is 571 g/mol. The Morgan fingerprint density at radius 2 is 0.800 bits per heavy atom. The molecule has 8 aromatic carbocycles. The molecule has 1 aliphatic rings. The van der Waals surface area contributed by atoms with Crippen LogP contribution in [0.4, 0.5) is 0 Å². The fourth-order valence-electron chi connectivity index (χ4n) is 7.48. The lowest BCUT2D eigenvalue weighted by molar-refractivity contribution is 1.26. The molecule has 1 aliphatic carbocycles. The van der Waals surface area contributed by atoms with Gasteiger partial charge in [-0.1, -0.05) is 158 Å². The zero-order valence-electron chi connectivity index (χ0n) is 24.9. The summed E-state index contributed by atoms with van der Waals surface area (Å²) in [5, 5.41) is 5.11. The molecule has 8 aromatic rings. The molecule has 0 amide bonds. The highest BCUT2D eigenvalue weighted by molar-refractivity contribution is 6.22. The summed E-state index contributed by atoms with van der Waals surface area (Å²) in [4.78, 5) is 0. The van der Waals surface area contributed by atoms with Gasteiger partial charge in [0.1, 0.15) is 0 Å². The Hall–Kier alpha value is -5.72. The van der Waals surface area contributed by atoms with Crippen molar-refractivity contribution in [2.24, 2.45) is 0 Å². The normalized spacial score (nSPS) is 11.9. The van der Waals surface area contributed by atoms with Crippen molar-refractivity contribution in [2.45, 2.75) is 6.42 Å². The van der Waals surface area contributed by atoms with Gasteiger partial charge in [-0.3, -0.25) is 0 Å². The van der Waals surface area contributed by atoms with Crippen molar-refractivity contribution >= 4 is 21.5 Å². The van der Waals surface area contributed by atoms with Gasteiger partial charge in [-0.15, -0.1) is 0 Å². The van der Waals surface area contributed by atoms with Crippen molar-refractivity contribution in [3.05, 3.63) is 181 Å². The van der Waals surface area contributed by atoms with Gasteiger partial charge in [0.05, 0.1) is 0 Å². The maximum absolute atomic E-state index is 2.42. The molecule has 0 atom stereocenters. The van der Waals surface area contributed by atoms with Crippen molar-refractivity contribution in [2.75, 3.05) is 0 Å². The van der Waals surface area contributed by atoms with E-state index in [4.69, 9.17) is 0 Å². The molecule has 0 unspecified atom stereocenters. The van der Waals surface area contributed by atoms with Crippen molar-refractivity contribution in [3.8, 4) is 55.6 Å². The summed E-state index contributed by atoms with van der Waals surface area (Å²) in [6, 6.07) is 62.4. The van der Waals surface area contributed by atoms with Gasteiger partial charge in [0.15, 0.2) is 0 Å². The summed E-state index contributed by atoms with van der Waals surface area (Å²) < 4.78 is 0. The zero-order chi connectivity index (χ0) is 29.7. The van der Waals surface area contributed by atoms with Gasteiger partial charge in [0.2, 0.25) is 0 Å². The number of benzene rings is 8. The molecule has 210 valence electrons. The first-order chi connectivity index (χ1) is 22.3. The molecular weight excluding hydrogens is 540 g/mol. The third-order valence-electron chi connectivity index (χ3n) is 9.51. The van der Waals surface area contributed by atoms with E-state index in [1.165, 1.54) is 88.3 Å². The van der Waals surface area contributed by atoms with Crippen LogP contribution in [0.5, 0.6) is 0 Å². The first-order valence-electron chi connectivity index (χ1n) is 15.7. The SMILES string of the molecule is c1ccc(-c2c3ccccc3c(-c3ccccc3)c3cc(-c4cccc(-c5cccc6c5Cc5ccccc5-6)c4)ccc23)cc1. The summed E-state index contributed by atoms with van der Waals surface area (Å²) in [6.07, 6.45) is 0.984. The van der Waals surface area contributed by atoms with Gasteiger partial charge < -0.3 is 0 Å². The Morgan fingerprint density at radius 3 is 1.56 bits per heavy atom. The molecule has 0 saturated heterocycles. The monoisotopic (exact) mass is 570 g/mol. The van der Waals surface area contributed by atoms with Crippen LogP contribution in [0.3, 0.4) is 0 Å². The van der Waals surface area contributed by atoms with Crippen LogP contribution >= 0.6 is 0 Å². The van der Waals surface area contributed by atoms with E-state index in [1.54, 1.807) is 0 Å². The van der Waals surface area contributed by atoms with Crippen molar-refractivity contribution in [3.63, 3.8) is 0 Å². The third kappa shape index (κ3) is 4.22. The molecule has 0 radical (unpaired) electrons. The maximum atomic E-state index is 2.42. The van der Waals surface area contributed by atoms with Gasteiger partial charge in [-0.05, 0) is 107 Å². The molecule has 0 bridgehead atoms. The smallest absolute Gasteiger partial charge is 0.000729 e. The molecule has 45 heavy (non-hydrogen) atoms. The first kappa shape index (κ1) is 25.7. The Bertz CT molecular complexity index is 2380. The number of hydrogen-bond donors (Lipinski definition) is 0. The van der Waals surface area contributed by atoms with Gasteiger partial charge >= 0.3 is 0 Å². The summed E-state index contributed by atoms with van der Waals surface area (Å²) in [6.45, 7) is 0. The van der Waals surface area contributed by atoms with E-state index in [0.29, 0.717) is 0 Å². The van der Waals surface area contributed by atoms with E-state index in [-0.39, 0.29) is 0 Å². The van der Waals surface area contributed by atoms with E-state index in [0.717, 1.165) is 6.42 Å². The average Bonchev–Trinajstić information content (AvgIpc) is 3.50. The highest BCUT2D eigenvalue weighted by atomic mass is 14.3.